The molecule has 1 aromatic rings. The van der Waals surface area contributed by atoms with Crippen molar-refractivity contribution in [2.75, 3.05) is 19.6 Å². The van der Waals surface area contributed by atoms with Gasteiger partial charge in [-0.2, -0.15) is 0 Å². The summed E-state index contributed by atoms with van der Waals surface area (Å²) in [5, 5.41) is 2.39. The van der Waals surface area contributed by atoms with Gasteiger partial charge in [0.2, 0.25) is 0 Å². The lowest BCUT2D eigenvalue weighted by Crippen LogP contribution is -2.60. The zero-order valence-corrected chi connectivity index (χ0v) is 11.0. The number of fused-ring (bicyclic) bond motifs is 1. The largest absolute Gasteiger partial charge is 0.329 e. The Morgan fingerprint density at radius 3 is 2.22 bits per heavy atom. The van der Waals surface area contributed by atoms with E-state index >= 15 is 0 Å². The van der Waals surface area contributed by atoms with Gasteiger partial charge in [0.05, 0.1) is 5.54 Å². The Morgan fingerprint density at radius 2 is 1.67 bits per heavy atom. The highest BCUT2D eigenvalue weighted by Gasteiger charge is 2.37. The minimum Gasteiger partial charge on any atom is -0.329 e. The van der Waals surface area contributed by atoms with Gasteiger partial charge in [0.1, 0.15) is 0 Å². The number of nitrogens with two attached hydrogens (primary N) is 1. The second-order valence-electron chi connectivity index (χ2n) is 5.77. The van der Waals surface area contributed by atoms with Gasteiger partial charge in [-0.25, -0.2) is 10.4 Å². The highest BCUT2D eigenvalue weighted by Crippen LogP contribution is 2.30. The van der Waals surface area contributed by atoms with Crippen molar-refractivity contribution in [1.29, 1.82) is 0 Å². The van der Waals surface area contributed by atoms with Crippen molar-refractivity contribution < 1.29 is 0 Å². The van der Waals surface area contributed by atoms with Crippen LogP contribution in [-0.2, 0) is 12.8 Å². The molecular formula is C15H23N3. The van der Waals surface area contributed by atoms with Crippen molar-refractivity contribution in [3.8, 4) is 0 Å². The number of piperidine rings is 1. The molecule has 0 spiro atoms. The highest BCUT2D eigenvalue weighted by molar-refractivity contribution is 5.36. The minimum atomic E-state index is 0.0566. The van der Waals surface area contributed by atoms with Crippen LogP contribution in [0.15, 0.2) is 24.3 Å². The molecule has 0 atom stereocenters. The predicted octanol–water partition coefficient (Wildman–Crippen LogP) is 1.47. The lowest BCUT2D eigenvalue weighted by Gasteiger charge is -2.38. The molecule has 1 fully saturated rings. The Morgan fingerprint density at radius 1 is 1.06 bits per heavy atom. The van der Waals surface area contributed by atoms with Crippen LogP contribution in [0.1, 0.15) is 30.4 Å². The van der Waals surface area contributed by atoms with Crippen LogP contribution in [0.2, 0.25) is 0 Å². The fourth-order valence-corrected chi connectivity index (χ4v) is 3.30. The molecule has 1 saturated heterocycles. The first-order valence-electron chi connectivity index (χ1n) is 7.11. The quantitative estimate of drug-likeness (QED) is 0.847. The Kier molecular flexibility index (Phi) is 3.37. The molecule has 2 aliphatic rings. The molecule has 98 valence electrons. The fourth-order valence-electron chi connectivity index (χ4n) is 3.30. The summed E-state index contributed by atoms with van der Waals surface area (Å²) in [4.78, 5) is 0. The molecule has 3 nitrogen and oxygen atoms in total. The van der Waals surface area contributed by atoms with E-state index in [9.17, 15) is 0 Å². The third kappa shape index (κ3) is 2.30. The van der Waals surface area contributed by atoms with Crippen LogP contribution < -0.4 is 11.2 Å². The Labute approximate surface area is 109 Å². The average Bonchev–Trinajstić information content (AvgIpc) is 2.78. The lowest BCUT2D eigenvalue weighted by molar-refractivity contribution is 0.0871. The smallest absolute Gasteiger partial charge is 0.0528 e. The summed E-state index contributed by atoms with van der Waals surface area (Å²) in [6.07, 6.45) is 6.11. The summed E-state index contributed by atoms with van der Waals surface area (Å²) in [7, 11) is 0. The van der Waals surface area contributed by atoms with Crippen LogP contribution in [0.25, 0.3) is 0 Å². The summed E-state index contributed by atoms with van der Waals surface area (Å²) in [6, 6.07) is 8.74. The monoisotopic (exact) mass is 245 g/mol. The molecule has 3 rings (SSSR count). The number of hydrogen-bond acceptors (Lipinski definition) is 3. The van der Waals surface area contributed by atoms with Crippen LogP contribution in [0, 0.1) is 0 Å². The van der Waals surface area contributed by atoms with Gasteiger partial charge in [0.25, 0.3) is 0 Å². The topological polar surface area (TPSA) is 41.3 Å². The van der Waals surface area contributed by atoms with Crippen LogP contribution in [0.4, 0.5) is 0 Å². The van der Waals surface area contributed by atoms with Crippen LogP contribution in [-0.4, -0.2) is 30.2 Å². The molecule has 1 heterocycles. The van der Waals surface area contributed by atoms with Gasteiger partial charge in [-0.05, 0) is 36.8 Å². The van der Waals surface area contributed by atoms with E-state index in [1.165, 1.54) is 30.4 Å². The van der Waals surface area contributed by atoms with Crippen LogP contribution >= 0.6 is 0 Å². The second kappa shape index (κ2) is 5.00. The number of hydrogen-bond donors (Lipinski definition) is 2. The number of hydrazine groups is 1. The first-order valence-corrected chi connectivity index (χ1v) is 7.11. The first-order chi connectivity index (χ1) is 8.81. The predicted molar refractivity (Wildman–Crippen MR) is 74.2 cm³/mol. The van der Waals surface area contributed by atoms with Crippen LogP contribution in [0.5, 0.6) is 0 Å². The summed E-state index contributed by atoms with van der Waals surface area (Å²) in [5.74, 6) is 0. The molecule has 0 bridgehead atoms. The molecule has 1 aromatic carbocycles. The third-order valence-corrected chi connectivity index (χ3v) is 4.32. The van der Waals surface area contributed by atoms with E-state index in [1.54, 1.807) is 0 Å². The molecule has 0 aromatic heterocycles. The number of benzene rings is 1. The SMILES string of the molecule is NCC1(NN2CCCCC2)Cc2ccccc2C1. The molecule has 1 aliphatic carbocycles. The third-order valence-electron chi connectivity index (χ3n) is 4.32. The van der Waals surface area contributed by atoms with E-state index in [0.29, 0.717) is 6.54 Å². The molecular weight excluding hydrogens is 222 g/mol. The lowest BCUT2D eigenvalue weighted by atomic mass is 9.96. The first kappa shape index (κ1) is 12.2. The van der Waals surface area contributed by atoms with Crippen molar-refractivity contribution >= 4 is 0 Å². The van der Waals surface area contributed by atoms with Crippen LogP contribution in [0.3, 0.4) is 0 Å². The number of nitrogens with zero attached hydrogens (tertiary/aromatic N) is 1. The Bertz CT molecular complexity index is 385. The summed E-state index contributed by atoms with van der Waals surface area (Å²) in [5.41, 5.74) is 12.8. The molecule has 3 heteroatoms. The van der Waals surface area contributed by atoms with Crippen molar-refractivity contribution in [2.45, 2.75) is 37.6 Å². The van der Waals surface area contributed by atoms with Gasteiger partial charge in [-0.3, -0.25) is 0 Å². The summed E-state index contributed by atoms with van der Waals surface area (Å²) >= 11 is 0. The highest BCUT2D eigenvalue weighted by atomic mass is 15.5. The summed E-state index contributed by atoms with van der Waals surface area (Å²) in [6.45, 7) is 3.04. The van der Waals surface area contributed by atoms with Crippen molar-refractivity contribution in [2.24, 2.45) is 5.73 Å². The maximum atomic E-state index is 6.08. The number of rotatable bonds is 3. The fraction of sp³-hybridized carbons (Fsp3) is 0.600. The average molecular weight is 245 g/mol. The second-order valence-corrected chi connectivity index (χ2v) is 5.77. The zero-order chi connectivity index (χ0) is 12.4. The van der Waals surface area contributed by atoms with Gasteiger partial charge >= 0.3 is 0 Å². The standard InChI is InChI=1S/C15H23N3/c16-12-15(17-18-8-4-1-5-9-18)10-13-6-2-3-7-14(13)11-15/h2-3,6-7,17H,1,4-5,8-12,16H2. The van der Waals surface area contributed by atoms with E-state index in [1.807, 2.05) is 0 Å². The molecule has 0 radical (unpaired) electrons. The Balaban J connectivity index is 1.73. The molecule has 0 amide bonds. The Hall–Kier alpha value is -0.900. The van der Waals surface area contributed by atoms with Gasteiger partial charge in [0.15, 0.2) is 0 Å². The maximum Gasteiger partial charge on any atom is 0.0528 e. The zero-order valence-electron chi connectivity index (χ0n) is 11.0. The molecule has 3 N–H and O–H groups in total. The van der Waals surface area contributed by atoms with E-state index in [0.717, 1.165) is 25.9 Å². The van der Waals surface area contributed by atoms with Crippen molar-refractivity contribution in [1.82, 2.24) is 10.4 Å². The normalized spacial score (nSPS) is 22.9. The van der Waals surface area contributed by atoms with E-state index in [4.69, 9.17) is 5.73 Å². The van der Waals surface area contributed by atoms with Gasteiger partial charge in [-0.1, -0.05) is 30.7 Å². The van der Waals surface area contributed by atoms with Gasteiger partial charge in [0, 0.05) is 19.6 Å². The van der Waals surface area contributed by atoms with E-state index < -0.39 is 0 Å². The molecule has 0 saturated carbocycles. The summed E-state index contributed by atoms with van der Waals surface area (Å²) < 4.78 is 0. The molecule has 18 heavy (non-hydrogen) atoms. The molecule has 0 unspecified atom stereocenters. The number of nitrogens with one attached hydrogen (secondary N) is 1. The van der Waals surface area contributed by atoms with Gasteiger partial charge in [-0.15, -0.1) is 0 Å². The van der Waals surface area contributed by atoms with E-state index in [2.05, 4.69) is 34.7 Å². The maximum absolute atomic E-state index is 6.08. The van der Waals surface area contributed by atoms with E-state index in [-0.39, 0.29) is 5.54 Å². The van der Waals surface area contributed by atoms with Crippen molar-refractivity contribution in [3.05, 3.63) is 35.4 Å². The van der Waals surface area contributed by atoms with Crippen molar-refractivity contribution in [3.63, 3.8) is 0 Å². The minimum absolute atomic E-state index is 0.0566. The van der Waals surface area contributed by atoms with Gasteiger partial charge < -0.3 is 5.73 Å². The molecule has 1 aliphatic heterocycles.